The molecule has 1 unspecified atom stereocenters. The summed E-state index contributed by atoms with van der Waals surface area (Å²) in [6.07, 6.45) is 3.67. The first-order valence-electron chi connectivity index (χ1n) is 7.37. The molecule has 1 aromatic heterocycles. The van der Waals surface area contributed by atoms with Crippen LogP contribution < -0.4 is 10.6 Å². The Bertz CT molecular complexity index is 648. The molecular formula is C14H21N3O5S. The van der Waals surface area contributed by atoms with Crippen molar-refractivity contribution in [2.45, 2.75) is 31.8 Å². The number of furan rings is 1. The van der Waals surface area contributed by atoms with E-state index < -0.39 is 22.0 Å². The minimum Gasteiger partial charge on any atom is -0.459 e. The monoisotopic (exact) mass is 343 g/mol. The number of hydrogen-bond acceptors (Lipinski definition) is 5. The molecule has 0 aromatic carbocycles. The van der Waals surface area contributed by atoms with Crippen LogP contribution in [0.4, 0.5) is 0 Å². The van der Waals surface area contributed by atoms with Gasteiger partial charge in [-0.1, -0.05) is 0 Å². The highest BCUT2D eigenvalue weighted by Crippen LogP contribution is 2.13. The molecule has 0 saturated carbocycles. The lowest BCUT2D eigenvalue weighted by Gasteiger charge is -2.31. The van der Waals surface area contributed by atoms with Gasteiger partial charge >= 0.3 is 0 Å². The van der Waals surface area contributed by atoms with E-state index in [9.17, 15) is 18.0 Å². The first-order valence-corrected chi connectivity index (χ1v) is 9.22. The van der Waals surface area contributed by atoms with Gasteiger partial charge in [0.15, 0.2) is 5.76 Å². The van der Waals surface area contributed by atoms with E-state index in [1.54, 1.807) is 13.0 Å². The van der Waals surface area contributed by atoms with Crippen molar-refractivity contribution in [3.05, 3.63) is 24.2 Å². The molecule has 2 N–H and O–H groups in total. The van der Waals surface area contributed by atoms with Gasteiger partial charge in [0.05, 0.1) is 12.5 Å². The molecule has 128 valence electrons. The number of nitrogens with zero attached hydrogens (tertiary/aromatic N) is 1. The summed E-state index contributed by atoms with van der Waals surface area (Å²) in [6, 6.07) is 2.31. The largest absolute Gasteiger partial charge is 0.459 e. The van der Waals surface area contributed by atoms with Crippen LogP contribution in [0.25, 0.3) is 0 Å². The number of hydrogen-bond donors (Lipinski definition) is 2. The van der Waals surface area contributed by atoms with Crippen molar-refractivity contribution in [2.24, 2.45) is 0 Å². The van der Waals surface area contributed by atoms with Gasteiger partial charge in [-0.25, -0.2) is 12.7 Å². The van der Waals surface area contributed by atoms with E-state index in [0.29, 0.717) is 25.9 Å². The molecule has 0 bridgehead atoms. The normalized spacial score (nSPS) is 18.3. The van der Waals surface area contributed by atoms with E-state index >= 15 is 0 Å². The topological polar surface area (TPSA) is 109 Å². The number of nitrogens with one attached hydrogen (secondary N) is 2. The Labute approximate surface area is 135 Å². The minimum atomic E-state index is -3.18. The van der Waals surface area contributed by atoms with E-state index in [1.165, 1.54) is 22.9 Å². The van der Waals surface area contributed by atoms with Crippen LogP contribution in [0.2, 0.25) is 0 Å². The van der Waals surface area contributed by atoms with Gasteiger partial charge in [-0.3, -0.25) is 9.59 Å². The van der Waals surface area contributed by atoms with Crippen molar-refractivity contribution < 1.29 is 22.4 Å². The maximum atomic E-state index is 12.1. The van der Waals surface area contributed by atoms with Gasteiger partial charge in [-0.15, -0.1) is 0 Å². The van der Waals surface area contributed by atoms with Crippen molar-refractivity contribution >= 4 is 21.8 Å². The molecule has 2 heterocycles. The molecule has 1 aliphatic rings. The minimum absolute atomic E-state index is 0.0940. The van der Waals surface area contributed by atoms with Crippen molar-refractivity contribution in [1.82, 2.24) is 14.9 Å². The summed E-state index contributed by atoms with van der Waals surface area (Å²) in [4.78, 5) is 23.9. The Morgan fingerprint density at radius 2 is 2.00 bits per heavy atom. The number of rotatable bonds is 5. The lowest BCUT2D eigenvalue weighted by Crippen LogP contribution is -2.51. The lowest BCUT2D eigenvalue weighted by molar-refractivity contribution is -0.123. The fraction of sp³-hybridized carbons (Fsp3) is 0.571. The summed E-state index contributed by atoms with van der Waals surface area (Å²) in [7, 11) is -3.18. The van der Waals surface area contributed by atoms with E-state index in [-0.39, 0.29) is 17.7 Å². The molecule has 9 heteroatoms. The molecule has 23 heavy (non-hydrogen) atoms. The van der Waals surface area contributed by atoms with Crippen LogP contribution in [-0.4, -0.2) is 56.0 Å². The van der Waals surface area contributed by atoms with Crippen molar-refractivity contribution in [3.8, 4) is 0 Å². The predicted molar refractivity (Wildman–Crippen MR) is 83.2 cm³/mol. The molecule has 0 spiro atoms. The van der Waals surface area contributed by atoms with Gasteiger partial charge in [-0.05, 0) is 31.9 Å². The van der Waals surface area contributed by atoms with Crippen LogP contribution in [-0.2, 0) is 14.8 Å². The summed E-state index contributed by atoms with van der Waals surface area (Å²) < 4.78 is 29.2. The molecular weight excluding hydrogens is 322 g/mol. The maximum absolute atomic E-state index is 12.1. The van der Waals surface area contributed by atoms with Crippen LogP contribution in [0.15, 0.2) is 22.8 Å². The second kappa shape index (κ2) is 7.14. The molecule has 1 aliphatic heterocycles. The fourth-order valence-electron chi connectivity index (χ4n) is 2.40. The predicted octanol–water partition coefficient (Wildman–Crippen LogP) is -0.0619. The van der Waals surface area contributed by atoms with Gasteiger partial charge in [0.2, 0.25) is 15.9 Å². The Kier molecular flexibility index (Phi) is 5.42. The number of sulfonamides is 1. The second-order valence-corrected chi connectivity index (χ2v) is 7.60. The van der Waals surface area contributed by atoms with Gasteiger partial charge in [0.25, 0.3) is 5.91 Å². The Hall–Kier alpha value is -1.87. The van der Waals surface area contributed by atoms with E-state index in [4.69, 9.17) is 4.42 Å². The Morgan fingerprint density at radius 3 is 2.52 bits per heavy atom. The maximum Gasteiger partial charge on any atom is 0.287 e. The van der Waals surface area contributed by atoms with E-state index in [2.05, 4.69) is 10.6 Å². The Balaban J connectivity index is 1.79. The molecule has 0 aliphatic carbocycles. The van der Waals surface area contributed by atoms with Crippen LogP contribution in [0.5, 0.6) is 0 Å². The fourth-order valence-corrected chi connectivity index (χ4v) is 3.27. The highest BCUT2D eigenvalue weighted by Gasteiger charge is 2.27. The molecule has 1 fully saturated rings. The van der Waals surface area contributed by atoms with Crippen molar-refractivity contribution in [2.75, 3.05) is 19.3 Å². The van der Waals surface area contributed by atoms with Gasteiger partial charge in [0, 0.05) is 19.1 Å². The van der Waals surface area contributed by atoms with Crippen molar-refractivity contribution in [1.29, 1.82) is 0 Å². The first-order chi connectivity index (χ1) is 10.8. The third-order valence-corrected chi connectivity index (χ3v) is 5.06. The zero-order valence-corrected chi connectivity index (χ0v) is 13.9. The average Bonchev–Trinajstić information content (AvgIpc) is 3.01. The highest BCUT2D eigenvalue weighted by atomic mass is 32.2. The third kappa shape index (κ3) is 4.80. The van der Waals surface area contributed by atoms with E-state index in [0.717, 1.165) is 0 Å². The second-order valence-electron chi connectivity index (χ2n) is 5.62. The van der Waals surface area contributed by atoms with Gasteiger partial charge in [0.1, 0.15) is 6.04 Å². The smallest absolute Gasteiger partial charge is 0.287 e. The van der Waals surface area contributed by atoms with Crippen molar-refractivity contribution in [3.63, 3.8) is 0 Å². The van der Waals surface area contributed by atoms with Crippen LogP contribution in [0, 0.1) is 0 Å². The molecule has 2 amide bonds. The molecule has 1 saturated heterocycles. The molecule has 1 atom stereocenters. The van der Waals surface area contributed by atoms with E-state index in [1.807, 2.05) is 0 Å². The summed E-state index contributed by atoms with van der Waals surface area (Å²) in [5, 5.41) is 5.39. The average molecular weight is 343 g/mol. The van der Waals surface area contributed by atoms with Crippen LogP contribution in [0.1, 0.15) is 30.3 Å². The zero-order chi connectivity index (χ0) is 17.0. The molecule has 2 rings (SSSR count). The molecule has 0 radical (unpaired) electrons. The number of carbonyl (C=O) groups excluding carboxylic acids is 2. The highest BCUT2D eigenvalue weighted by molar-refractivity contribution is 7.88. The molecule has 1 aromatic rings. The lowest BCUT2D eigenvalue weighted by atomic mass is 10.1. The number of amides is 2. The quantitative estimate of drug-likeness (QED) is 0.778. The summed E-state index contributed by atoms with van der Waals surface area (Å²) in [5.41, 5.74) is 0. The van der Waals surface area contributed by atoms with Gasteiger partial charge in [-0.2, -0.15) is 0 Å². The summed E-state index contributed by atoms with van der Waals surface area (Å²) in [5.74, 6) is -0.613. The number of piperidine rings is 1. The Morgan fingerprint density at radius 1 is 1.35 bits per heavy atom. The van der Waals surface area contributed by atoms with Crippen LogP contribution >= 0.6 is 0 Å². The molecule has 8 nitrogen and oxygen atoms in total. The summed E-state index contributed by atoms with van der Waals surface area (Å²) in [6.45, 7) is 2.36. The SMILES string of the molecule is CC(NC(=O)c1ccco1)C(=O)NC1CCN(S(C)(=O)=O)CC1. The third-order valence-electron chi connectivity index (χ3n) is 3.76. The van der Waals surface area contributed by atoms with Gasteiger partial charge < -0.3 is 15.1 Å². The number of carbonyl (C=O) groups is 2. The first kappa shape index (κ1) is 17.5. The zero-order valence-electron chi connectivity index (χ0n) is 13.1. The van der Waals surface area contributed by atoms with Crippen LogP contribution in [0.3, 0.4) is 0 Å². The standard InChI is InChI=1S/C14H21N3O5S/c1-10(15-14(19)12-4-3-9-22-12)13(18)16-11-5-7-17(8-6-11)23(2,20)21/h3-4,9-11H,5-8H2,1-2H3,(H,15,19)(H,16,18). The summed E-state index contributed by atoms with van der Waals surface area (Å²) >= 11 is 0.